The second-order valence-corrected chi connectivity index (χ2v) is 6.87. The molecule has 1 aliphatic carbocycles. The summed E-state index contributed by atoms with van der Waals surface area (Å²) in [4.78, 5) is 3.94. The maximum atomic E-state index is 13.4. The lowest BCUT2D eigenvalue weighted by Crippen LogP contribution is -2.35. The van der Waals surface area contributed by atoms with Crippen LogP contribution >= 0.6 is 0 Å². The van der Waals surface area contributed by atoms with Gasteiger partial charge in [-0.3, -0.25) is 0 Å². The predicted molar refractivity (Wildman–Crippen MR) is 73.9 cm³/mol. The molecule has 1 unspecified atom stereocenters. The quantitative estimate of drug-likeness (QED) is 0.857. The van der Waals surface area contributed by atoms with Crippen molar-refractivity contribution in [2.75, 3.05) is 6.54 Å². The lowest BCUT2D eigenvalue weighted by molar-refractivity contribution is -0.149. The molecule has 1 saturated carbocycles. The molecule has 21 heavy (non-hydrogen) atoms. The number of alkyl halides is 3. The number of rotatable bonds is 1. The Labute approximate surface area is 122 Å². The van der Waals surface area contributed by atoms with Crippen molar-refractivity contribution >= 4 is 0 Å². The van der Waals surface area contributed by atoms with Gasteiger partial charge in [0.1, 0.15) is 0 Å². The standard InChI is InChI=1S/C15H22F3N3/c1-14(2)7-4-3-5-12(14)21-11-6-8-19-9-10(11)20-13(21)15(16,17)18/h12,19H,3-9H2,1-2H3. The molecule has 3 nitrogen and oxygen atoms in total. The fourth-order valence-electron chi connectivity index (χ4n) is 3.82. The molecule has 2 aliphatic rings. The lowest BCUT2D eigenvalue weighted by atomic mass is 9.73. The average molecular weight is 301 g/mol. The summed E-state index contributed by atoms with van der Waals surface area (Å²) >= 11 is 0. The second-order valence-electron chi connectivity index (χ2n) is 6.87. The maximum absolute atomic E-state index is 13.4. The highest BCUT2D eigenvalue weighted by molar-refractivity contribution is 5.23. The summed E-state index contributed by atoms with van der Waals surface area (Å²) in [7, 11) is 0. The predicted octanol–water partition coefficient (Wildman–Crippen LogP) is 3.69. The van der Waals surface area contributed by atoms with Gasteiger partial charge in [-0.25, -0.2) is 4.98 Å². The highest BCUT2D eigenvalue weighted by Gasteiger charge is 2.44. The van der Waals surface area contributed by atoms with Gasteiger partial charge in [-0.2, -0.15) is 13.2 Å². The fourth-order valence-corrected chi connectivity index (χ4v) is 3.82. The maximum Gasteiger partial charge on any atom is 0.449 e. The Hall–Kier alpha value is -1.04. The lowest BCUT2D eigenvalue weighted by Gasteiger charge is -2.41. The van der Waals surface area contributed by atoms with Gasteiger partial charge in [0, 0.05) is 31.2 Å². The first kappa shape index (κ1) is 14.9. The van der Waals surface area contributed by atoms with E-state index >= 15 is 0 Å². The molecule has 0 amide bonds. The molecule has 118 valence electrons. The SMILES string of the molecule is CC1(C)CCCCC1n1c(C(F)(F)F)nc2c1CCNC2. The first-order chi connectivity index (χ1) is 9.81. The Morgan fingerprint density at radius 1 is 1.29 bits per heavy atom. The molecule has 0 bridgehead atoms. The van der Waals surface area contributed by atoms with Crippen molar-refractivity contribution in [1.29, 1.82) is 0 Å². The topological polar surface area (TPSA) is 29.9 Å². The zero-order valence-electron chi connectivity index (χ0n) is 12.6. The van der Waals surface area contributed by atoms with Crippen LogP contribution in [-0.4, -0.2) is 16.1 Å². The van der Waals surface area contributed by atoms with E-state index in [0.29, 0.717) is 18.7 Å². The molecule has 1 fully saturated rings. The number of hydrogen-bond acceptors (Lipinski definition) is 2. The minimum absolute atomic E-state index is 0.0998. The third-order valence-corrected chi connectivity index (χ3v) is 4.94. The molecule has 1 aromatic heterocycles. The van der Waals surface area contributed by atoms with Crippen molar-refractivity contribution in [3.8, 4) is 0 Å². The van der Waals surface area contributed by atoms with Gasteiger partial charge in [0.2, 0.25) is 5.82 Å². The monoisotopic (exact) mass is 301 g/mol. The van der Waals surface area contributed by atoms with Gasteiger partial charge in [-0.15, -0.1) is 0 Å². The summed E-state index contributed by atoms with van der Waals surface area (Å²) in [6.07, 6.45) is 0.127. The number of fused-ring (bicyclic) bond motifs is 1. The molecule has 0 saturated heterocycles. The Bertz CT molecular complexity index is 531. The number of halogens is 3. The molecule has 1 N–H and O–H groups in total. The molecule has 0 aromatic carbocycles. The highest BCUT2D eigenvalue weighted by atomic mass is 19.4. The number of nitrogens with one attached hydrogen (secondary N) is 1. The molecule has 1 atom stereocenters. The molecule has 6 heteroatoms. The third-order valence-electron chi connectivity index (χ3n) is 4.94. The second kappa shape index (κ2) is 5.00. The molecular formula is C15H22F3N3. The van der Waals surface area contributed by atoms with E-state index in [2.05, 4.69) is 24.1 Å². The number of aromatic nitrogens is 2. The average Bonchev–Trinajstić information content (AvgIpc) is 2.77. The number of nitrogens with zero attached hydrogens (tertiary/aromatic N) is 2. The van der Waals surface area contributed by atoms with Crippen molar-refractivity contribution < 1.29 is 13.2 Å². The van der Waals surface area contributed by atoms with Gasteiger partial charge in [-0.1, -0.05) is 26.7 Å². The van der Waals surface area contributed by atoms with Crippen LogP contribution < -0.4 is 5.32 Å². The van der Waals surface area contributed by atoms with Crippen LogP contribution in [0.3, 0.4) is 0 Å². The Morgan fingerprint density at radius 3 is 2.71 bits per heavy atom. The van der Waals surface area contributed by atoms with Crippen LogP contribution in [0.4, 0.5) is 13.2 Å². The molecule has 0 radical (unpaired) electrons. The summed E-state index contributed by atoms with van der Waals surface area (Å²) < 4.78 is 41.9. The van der Waals surface area contributed by atoms with E-state index in [1.807, 2.05) is 0 Å². The van der Waals surface area contributed by atoms with Crippen LogP contribution in [0.2, 0.25) is 0 Å². The summed E-state index contributed by atoms with van der Waals surface area (Å²) in [6, 6.07) is -0.0998. The van der Waals surface area contributed by atoms with Crippen molar-refractivity contribution in [1.82, 2.24) is 14.9 Å². The molecule has 3 rings (SSSR count). The van der Waals surface area contributed by atoms with Crippen LogP contribution in [0.15, 0.2) is 0 Å². The Morgan fingerprint density at radius 2 is 2.05 bits per heavy atom. The van der Waals surface area contributed by atoms with E-state index in [-0.39, 0.29) is 11.5 Å². The fraction of sp³-hybridized carbons (Fsp3) is 0.800. The first-order valence-corrected chi connectivity index (χ1v) is 7.68. The molecule has 1 aliphatic heterocycles. The first-order valence-electron chi connectivity index (χ1n) is 7.68. The number of imidazole rings is 1. The third kappa shape index (κ3) is 2.58. The van der Waals surface area contributed by atoms with Gasteiger partial charge < -0.3 is 9.88 Å². The van der Waals surface area contributed by atoms with Crippen molar-refractivity contribution in [2.45, 2.75) is 64.7 Å². The van der Waals surface area contributed by atoms with E-state index in [1.54, 1.807) is 0 Å². The van der Waals surface area contributed by atoms with Crippen LogP contribution in [0.1, 0.15) is 62.8 Å². The molecular weight excluding hydrogens is 279 g/mol. The zero-order valence-corrected chi connectivity index (χ0v) is 12.6. The van der Waals surface area contributed by atoms with Gasteiger partial charge >= 0.3 is 6.18 Å². The summed E-state index contributed by atoms with van der Waals surface area (Å²) in [5.41, 5.74) is 1.26. The number of hydrogen-bond donors (Lipinski definition) is 1. The van der Waals surface area contributed by atoms with Crippen LogP contribution in [-0.2, 0) is 19.1 Å². The Kier molecular flexibility index (Phi) is 3.55. The molecule has 2 heterocycles. The van der Waals surface area contributed by atoms with Gasteiger partial charge in [0.05, 0.1) is 5.69 Å². The van der Waals surface area contributed by atoms with E-state index < -0.39 is 12.0 Å². The largest absolute Gasteiger partial charge is 0.449 e. The van der Waals surface area contributed by atoms with Gasteiger partial charge in [-0.05, 0) is 18.3 Å². The smallest absolute Gasteiger partial charge is 0.321 e. The van der Waals surface area contributed by atoms with E-state index in [9.17, 15) is 13.2 Å². The van der Waals surface area contributed by atoms with Crippen molar-refractivity contribution in [3.63, 3.8) is 0 Å². The van der Waals surface area contributed by atoms with Crippen LogP contribution in [0.25, 0.3) is 0 Å². The Balaban J connectivity index is 2.13. The van der Waals surface area contributed by atoms with Crippen LogP contribution in [0, 0.1) is 5.41 Å². The van der Waals surface area contributed by atoms with E-state index in [4.69, 9.17) is 0 Å². The van der Waals surface area contributed by atoms with Crippen LogP contribution in [0.5, 0.6) is 0 Å². The summed E-state index contributed by atoms with van der Waals surface area (Å²) in [5.74, 6) is -0.698. The summed E-state index contributed by atoms with van der Waals surface area (Å²) in [5, 5.41) is 3.11. The van der Waals surface area contributed by atoms with Crippen molar-refractivity contribution in [3.05, 3.63) is 17.2 Å². The van der Waals surface area contributed by atoms with Crippen molar-refractivity contribution in [2.24, 2.45) is 5.41 Å². The highest BCUT2D eigenvalue weighted by Crippen LogP contribution is 2.47. The normalized spacial score (nSPS) is 25.7. The van der Waals surface area contributed by atoms with E-state index in [0.717, 1.165) is 37.9 Å². The minimum Gasteiger partial charge on any atom is -0.321 e. The minimum atomic E-state index is -4.38. The van der Waals surface area contributed by atoms with Gasteiger partial charge in [0.25, 0.3) is 0 Å². The van der Waals surface area contributed by atoms with Gasteiger partial charge in [0.15, 0.2) is 0 Å². The zero-order chi connectivity index (χ0) is 15.3. The molecule has 0 spiro atoms. The van der Waals surface area contributed by atoms with E-state index in [1.165, 1.54) is 4.57 Å². The molecule has 1 aromatic rings. The summed E-state index contributed by atoms with van der Waals surface area (Å²) in [6.45, 7) is 5.34.